The lowest BCUT2D eigenvalue weighted by molar-refractivity contribution is -0.141. The number of nitrogens with zero attached hydrogens (tertiary/aromatic N) is 6. The van der Waals surface area contributed by atoms with Gasteiger partial charge in [-0.3, -0.25) is 9.47 Å². The molecule has 0 saturated carbocycles. The van der Waals surface area contributed by atoms with Gasteiger partial charge in [0.25, 0.3) is 0 Å². The van der Waals surface area contributed by atoms with Gasteiger partial charge in [0.05, 0.1) is 0 Å². The summed E-state index contributed by atoms with van der Waals surface area (Å²) < 4.78 is 47.7. The molecule has 0 N–H and O–H groups in total. The van der Waals surface area contributed by atoms with Gasteiger partial charge in [-0.25, -0.2) is 14.8 Å². The molecule has 3 heterocycles. The summed E-state index contributed by atoms with van der Waals surface area (Å²) in [5, 5.41) is 0. The van der Waals surface area contributed by atoms with Crippen LogP contribution in [0.5, 0.6) is 11.6 Å². The zero-order valence-corrected chi connectivity index (χ0v) is 22.8. The molecule has 0 amide bonds. The van der Waals surface area contributed by atoms with Gasteiger partial charge in [0, 0.05) is 56.0 Å². The Morgan fingerprint density at radius 3 is 2.23 bits per heavy atom. The van der Waals surface area contributed by atoms with Crippen LogP contribution in [0.2, 0.25) is 0 Å². The summed E-state index contributed by atoms with van der Waals surface area (Å²) in [6.45, 7) is 11.3. The largest absolute Gasteiger partial charge is 0.439 e. The Bertz CT molecular complexity index is 1280. The van der Waals surface area contributed by atoms with Crippen LogP contribution in [0.4, 0.5) is 19.0 Å². The highest BCUT2D eigenvalue weighted by Crippen LogP contribution is 2.32. The van der Waals surface area contributed by atoms with Crippen LogP contribution in [-0.4, -0.2) is 57.1 Å². The fraction of sp³-hybridized carbons (Fsp3) is 0.500. The zero-order valence-electron chi connectivity index (χ0n) is 22.8. The van der Waals surface area contributed by atoms with Gasteiger partial charge < -0.3 is 9.64 Å². The Morgan fingerprint density at radius 2 is 1.59 bits per heavy atom. The first-order valence-corrected chi connectivity index (χ1v) is 13.2. The van der Waals surface area contributed by atoms with Crippen molar-refractivity contribution >= 4 is 5.82 Å². The molecule has 3 aromatic rings. The number of piperazine rings is 1. The molecule has 0 spiro atoms. The number of aromatic nitrogens is 4. The zero-order chi connectivity index (χ0) is 28.2. The van der Waals surface area contributed by atoms with Gasteiger partial charge in [0.15, 0.2) is 0 Å². The molecular formula is C28H35F3N6O2. The Labute approximate surface area is 226 Å². The first-order chi connectivity index (χ1) is 18.4. The monoisotopic (exact) mass is 544 g/mol. The summed E-state index contributed by atoms with van der Waals surface area (Å²) in [5.41, 5.74) is -1.07. The van der Waals surface area contributed by atoms with E-state index in [9.17, 15) is 18.0 Å². The standard InChI is InChI=1S/C28H35F3N6O2/c1-20-19-37(26(38)34-24(20)39-21-10-6-5-7-11-21)13-9-8-12-35-14-16-36(17-15-35)23-18-22(28(29,30)31)32-25(33-23)27(2,3)4/h5-7,10-11,18-19H,8-9,12-17H2,1-4H3. The predicted molar refractivity (Wildman–Crippen MR) is 143 cm³/mol. The SMILES string of the molecule is Cc1cn(CCCCN2CCN(c3cc(C(F)(F)F)nc(C(C)(C)C)n3)CC2)c(=O)nc1Oc1ccccc1. The minimum absolute atomic E-state index is 0.189. The molecule has 1 saturated heterocycles. The molecular weight excluding hydrogens is 509 g/mol. The molecule has 210 valence electrons. The van der Waals surface area contributed by atoms with Crippen LogP contribution in [0.25, 0.3) is 0 Å². The Balaban J connectivity index is 1.28. The number of aryl methyl sites for hydroxylation is 2. The summed E-state index contributed by atoms with van der Waals surface area (Å²) in [6.07, 6.45) is -1.07. The van der Waals surface area contributed by atoms with E-state index in [0.29, 0.717) is 37.1 Å². The van der Waals surface area contributed by atoms with Crippen LogP contribution in [-0.2, 0) is 18.1 Å². The number of benzene rings is 1. The van der Waals surface area contributed by atoms with E-state index in [0.717, 1.165) is 44.1 Å². The van der Waals surface area contributed by atoms with Crippen LogP contribution in [0, 0.1) is 6.92 Å². The lowest BCUT2D eigenvalue weighted by Crippen LogP contribution is -2.47. The maximum Gasteiger partial charge on any atom is 0.433 e. The molecule has 11 heteroatoms. The first-order valence-electron chi connectivity index (χ1n) is 13.2. The second kappa shape index (κ2) is 11.7. The Morgan fingerprint density at radius 1 is 0.923 bits per heavy atom. The number of halogens is 3. The highest BCUT2D eigenvalue weighted by Gasteiger charge is 2.36. The first kappa shape index (κ1) is 28.5. The number of rotatable bonds is 8. The molecule has 1 fully saturated rings. The van der Waals surface area contributed by atoms with Gasteiger partial charge in [0.1, 0.15) is 23.1 Å². The third kappa shape index (κ3) is 7.56. The molecule has 0 radical (unpaired) electrons. The molecule has 1 aliphatic heterocycles. The molecule has 0 unspecified atom stereocenters. The fourth-order valence-electron chi connectivity index (χ4n) is 4.34. The molecule has 1 aliphatic rings. The number of hydrogen-bond acceptors (Lipinski definition) is 7. The summed E-state index contributed by atoms with van der Waals surface area (Å²) in [7, 11) is 0. The third-order valence-corrected chi connectivity index (χ3v) is 6.58. The van der Waals surface area contributed by atoms with Crippen molar-refractivity contribution in [3.63, 3.8) is 0 Å². The maximum absolute atomic E-state index is 13.5. The van der Waals surface area contributed by atoms with Crippen LogP contribution in [0.3, 0.4) is 0 Å². The van der Waals surface area contributed by atoms with E-state index in [1.165, 1.54) is 0 Å². The van der Waals surface area contributed by atoms with Crippen molar-refractivity contribution < 1.29 is 17.9 Å². The van der Waals surface area contributed by atoms with E-state index in [1.807, 2.05) is 62.9 Å². The van der Waals surface area contributed by atoms with Crippen LogP contribution in [0.15, 0.2) is 47.4 Å². The maximum atomic E-state index is 13.5. The van der Waals surface area contributed by atoms with E-state index in [2.05, 4.69) is 19.9 Å². The average Bonchev–Trinajstić information content (AvgIpc) is 2.89. The number of unbranched alkanes of at least 4 members (excludes halogenated alkanes) is 1. The number of alkyl halides is 3. The highest BCUT2D eigenvalue weighted by atomic mass is 19.4. The number of ether oxygens (including phenoxy) is 1. The summed E-state index contributed by atoms with van der Waals surface area (Å²) in [4.78, 5) is 29.0. The van der Waals surface area contributed by atoms with Crippen molar-refractivity contribution in [3.05, 3.63) is 70.2 Å². The van der Waals surface area contributed by atoms with Crippen molar-refractivity contribution in [3.8, 4) is 11.6 Å². The summed E-state index contributed by atoms with van der Waals surface area (Å²) >= 11 is 0. The van der Waals surface area contributed by atoms with Gasteiger partial charge in [0.2, 0.25) is 5.88 Å². The van der Waals surface area contributed by atoms with Crippen LogP contribution < -0.4 is 15.3 Å². The fourth-order valence-corrected chi connectivity index (χ4v) is 4.34. The van der Waals surface area contributed by atoms with Gasteiger partial charge >= 0.3 is 11.9 Å². The van der Waals surface area contributed by atoms with E-state index in [-0.39, 0.29) is 11.5 Å². The molecule has 0 aliphatic carbocycles. The summed E-state index contributed by atoms with van der Waals surface area (Å²) in [5.74, 6) is 1.44. The van der Waals surface area contributed by atoms with E-state index in [4.69, 9.17) is 4.74 Å². The minimum Gasteiger partial charge on any atom is -0.439 e. The van der Waals surface area contributed by atoms with E-state index < -0.39 is 17.3 Å². The lowest BCUT2D eigenvalue weighted by Gasteiger charge is -2.36. The quantitative estimate of drug-likeness (QED) is 0.367. The van der Waals surface area contributed by atoms with Crippen molar-refractivity contribution in [2.45, 2.75) is 58.7 Å². The molecule has 8 nitrogen and oxygen atoms in total. The smallest absolute Gasteiger partial charge is 0.433 e. The van der Waals surface area contributed by atoms with E-state index in [1.54, 1.807) is 10.8 Å². The van der Waals surface area contributed by atoms with Gasteiger partial charge in [-0.05, 0) is 38.4 Å². The second-order valence-electron chi connectivity index (χ2n) is 10.8. The normalized spacial score (nSPS) is 15.0. The molecule has 2 aromatic heterocycles. The van der Waals surface area contributed by atoms with Crippen LogP contribution in [0.1, 0.15) is 50.7 Å². The number of para-hydroxylation sites is 1. The third-order valence-electron chi connectivity index (χ3n) is 6.58. The van der Waals surface area contributed by atoms with Crippen molar-refractivity contribution in [2.24, 2.45) is 0 Å². The lowest BCUT2D eigenvalue weighted by atomic mass is 9.95. The second-order valence-corrected chi connectivity index (χ2v) is 10.8. The molecule has 0 bridgehead atoms. The molecule has 4 rings (SSSR count). The van der Waals surface area contributed by atoms with Gasteiger partial charge in [-0.1, -0.05) is 39.0 Å². The number of anilines is 1. The Kier molecular flexibility index (Phi) is 8.58. The average molecular weight is 545 g/mol. The summed E-state index contributed by atoms with van der Waals surface area (Å²) in [6, 6.07) is 10.3. The highest BCUT2D eigenvalue weighted by molar-refractivity contribution is 5.42. The molecule has 0 atom stereocenters. The molecule has 39 heavy (non-hydrogen) atoms. The number of hydrogen-bond donors (Lipinski definition) is 0. The van der Waals surface area contributed by atoms with Crippen molar-refractivity contribution in [1.82, 2.24) is 24.4 Å². The van der Waals surface area contributed by atoms with E-state index >= 15 is 0 Å². The Hall–Kier alpha value is -3.47. The van der Waals surface area contributed by atoms with Crippen LogP contribution >= 0.6 is 0 Å². The topological polar surface area (TPSA) is 76.4 Å². The van der Waals surface area contributed by atoms with Gasteiger partial charge in [-0.2, -0.15) is 18.2 Å². The van der Waals surface area contributed by atoms with Crippen molar-refractivity contribution in [2.75, 3.05) is 37.6 Å². The minimum atomic E-state index is -4.52. The predicted octanol–water partition coefficient (Wildman–Crippen LogP) is 5.05. The van der Waals surface area contributed by atoms with Gasteiger partial charge in [-0.15, -0.1) is 0 Å². The van der Waals surface area contributed by atoms with Crippen molar-refractivity contribution in [1.29, 1.82) is 0 Å². The molecule has 1 aromatic carbocycles.